The molecule has 4 heteroatoms. The number of ether oxygens (including phenoxy) is 1. The maximum absolute atomic E-state index is 13.2. The number of halogens is 1. The summed E-state index contributed by atoms with van der Waals surface area (Å²) in [5, 5.41) is 0. The molecule has 3 nitrogen and oxygen atoms in total. The number of nitrogens with zero attached hydrogens (tertiary/aromatic N) is 1. The molecule has 0 aromatic heterocycles. The summed E-state index contributed by atoms with van der Waals surface area (Å²) in [6.45, 7) is 2.42. The molecule has 0 bridgehead atoms. The first-order valence-corrected chi connectivity index (χ1v) is 7.74. The number of anilines is 2. The van der Waals surface area contributed by atoms with Crippen LogP contribution in [0.25, 0.3) is 0 Å². The smallest absolute Gasteiger partial charge is 0.145 e. The first-order valence-electron chi connectivity index (χ1n) is 7.74. The van der Waals surface area contributed by atoms with Crippen LogP contribution in [0.3, 0.4) is 0 Å². The van der Waals surface area contributed by atoms with Gasteiger partial charge in [-0.2, -0.15) is 0 Å². The van der Waals surface area contributed by atoms with Crippen LogP contribution in [-0.4, -0.2) is 13.1 Å². The summed E-state index contributed by atoms with van der Waals surface area (Å²) in [6.07, 6.45) is 3.69. The average molecular weight is 300 g/mol. The monoisotopic (exact) mass is 300 g/mol. The molecule has 1 aliphatic rings. The summed E-state index contributed by atoms with van der Waals surface area (Å²) in [6, 6.07) is 12.2. The molecular formula is C18H21FN2O. The Morgan fingerprint density at radius 3 is 2.64 bits per heavy atom. The number of rotatable bonds is 4. The second-order valence-electron chi connectivity index (χ2n) is 5.69. The molecule has 1 saturated heterocycles. The Hall–Kier alpha value is -2.23. The van der Waals surface area contributed by atoms with Gasteiger partial charge in [-0.1, -0.05) is 12.1 Å². The third-order valence-electron chi connectivity index (χ3n) is 3.96. The van der Waals surface area contributed by atoms with E-state index >= 15 is 0 Å². The summed E-state index contributed by atoms with van der Waals surface area (Å²) < 4.78 is 19.2. The van der Waals surface area contributed by atoms with Crippen molar-refractivity contribution >= 4 is 11.4 Å². The Labute approximate surface area is 130 Å². The van der Waals surface area contributed by atoms with Crippen molar-refractivity contribution in [2.75, 3.05) is 23.7 Å². The summed E-state index contributed by atoms with van der Waals surface area (Å²) in [5.41, 5.74) is 8.45. The average Bonchev–Trinajstić information content (AvgIpc) is 2.54. The van der Waals surface area contributed by atoms with E-state index in [9.17, 15) is 4.39 Å². The highest BCUT2D eigenvalue weighted by atomic mass is 19.1. The van der Waals surface area contributed by atoms with Gasteiger partial charge in [-0.15, -0.1) is 0 Å². The van der Waals surface area contributed by atoms with E-state index < -0.39 is 0 Å². The lowest BCUT2D eigenvalue weighted by Crippen LogP contribution is -2.29. The van der Waals surface area contributed by atoms with Gasteiger partial charge < -0.3 is 15.4 Å². The fourth-order valence-electron chi connectivity index (χ4n) is 2.83. The lowest BCUT2D eigenvalue weighted by molar-refractivity contribution is 0.305. The summed E-state index contributed by atoms with van der Waals surface area (Å²) in [5.74, 6) is 0.524. The van der Waals surface area contributed by atoms with Gasteiger partial charge in [0.1, 0.15) is 18.2 Å². The van der Waals surface area contributed by atoms with Crippen LogP contribution in [0.15, 0.2) is 42.5 Å². The van der Waals surface area contributed by atoms with E-state index in [1.165, 1.54) is 31.4 Å². The normalized spacial score (nSPS) is 14.9. The van der Waals surface area contributed by atoms with Crippen LogP contribution >= 0.6 is 0 Å². The van der Waals surface area contributed by atoms with Gasteiger partial charge in [0.2, 0.25) is 0 Å². The van der Waals surface area contributed by atoms with Gasteiger partial charge in [0.15, 0.2) is 0 Å². The van der Waals surface area contributed by atoms with Gasteiger partial charge in [-0.25, -0.2) is 4.39 Å². The van der Waals surface area contributed by atoms with Gasteiger partial charge in [0.25, 0.3) is 0 Å². The van der Waals surface area contributed by atoms with E-state index in [1.54, 1.807) is 6.07 Å². The maximum atomic E-state index is 13.2. The standard InChI is InChI=1S/C18H21FN2O/c19-15-6-4-5-14(11-15)13-22-18-12-16(20)7-8-17(18)21-9-2-1-3-10-21/h4-8,11-12H,1-3,9-10,13,20H2. The van der Waals surface area contributed by atoms with Crippen molar-refractivity contribution in [1.82, 2.24) is 0 Å². The van der Waals surface area contributed by atoms with E-state index in [2.05, 4.69) is 4.90 Å². The van der Waals surface area contributed by atoms with Crippen molar-refractivity contribution < 1.29 is 9.13 Å². The zero-order valence-electron chi connectivity index (χ0n) is 12.6. The maximum Gasteiger partial charge on any atom is 0.145 e. The van der Waals surface area contributed by atoms with Gasteiger partial charge in [0.05, 0.1) is 5.69 Å². The van der Waals surface area contributed by atoms with Crippen LogP contribution in [0.4, 0.5) is 15.8 Å². The van der Waals surface area contributed by atoms with Crippen LogP contribution < -0.4 is 15.4 Å². The molecule has 0 atom stereocenters. The van der Waals surface area contributed by atoms with Crippen molar-refractivity contribution in [3.63, 3.8) is 0 Å². The van der Waals surface area contributed by atoms with Crippen LogP contribution in [-0.2, 0) is 6.61 Å². The molecule has 1 heterocycles. The molecule has 116 valence electrons. The van der Waals surface area contributed by atoms with Crippen molar-refractivity contribution in [2.24, 2.45) is 0 Å². The highest BCUT2D eigenvalue weighted by molar-refractivity contribution is 5.64. The molecule has 2 aromatic carbocycles. The number of nitrogen functional groups attached to an aromatic ring is 1. The number of nitrogens with two attached hydrogens (primary N) is 1. The minimum atomic E-state index is -0.245. The zero-order valence-corrected chi connectivity index (χ0v) is 12.6. The van der Waals surface area contributed by atoms with E-state index in [-0.39, 0.29) is 5.82 Å². The molecule has 3 rings (SSSR count). The molecule has 0 aliphatic carbocycles. The molecule has 22 heavy (non-hydrogen) atoms. The number of hydrogen-bond acceptors (Lipinski definition) is 3. The lowest BCUT2D eigenvalue weighted by atomic mass is 10.1. The Morgan fingerprint density at radius 1 is 1.05 bits per heavy atom. The van der Waals surface area contributed by atoms with Crippen LogP contribution in [0.5, 0.6) is 5.75 Å². The Morgan fingerprint density at radius 2 is 1.86 bits per heavy atom. The van der Waals surface area contributed by atoms with E-state index in [1.807, 2.05) is 24.3 Å². The fourth-order valence-corrected chi connectivity index (χ4v) is 2.83. The minimum absolute atomic E-state index is 0.245. The molecule has 0 unspecified atom stereocenters. The predicted molar refractivity (Wildman–Crippen MR) is 87.7 cm³/mol. The van der Waals surface area contributed by atoms with E-state index in [0.717, 1.165) is 30.1 Å². The van der Waals surface area contributed by atoms with Crippen molar-refractivity contribution in [3.05, 3.63) is 53.8 Å². The summed E-state index contributed by atoms with van der Waals surface area (Å²) in [4.78, 5) is 2.34. The SMILES string of the molecule is Nc1ccc(N2CCCCC2)c(OCc2cccc(F)c2)c1. The largest absolute Gasteiger partial charge is 0.487 e. The van der Waals surface area contributed by atoms with Crippen LogP contribution in [0.1, 0.15) is 24.8 Å². The molecule has 1 aliphatic heterocycles. The predicted octanol–water partition coefficient (Wildman–Crippen LogP) is 3.98. The number of benzene rings is 2. The van der Waals surface area contributed by atoms with Gasteiger partial charge in [-0.05, 0) is 49.1 Å². The number of piperidine rings is 1. The quantitative estimate of drug-likeness (QED) is 0.868. The van der Waals surface area contributed by atoms with Crippen molar-refractivity contribution in [2.45, 2.75) is 25.9 Å². The lowest BCUT2D eigenvalue weighted by Gasteiger charge is -2.30. The third-order valence-corrected chi connectivity index (χ3v) is 3.96. The van der Waals surface area contributed by atoms with E-state index in [0.29, 0.717) is 12.3 Å². The second kappa shape index (κ2) is 6.69. The Kier molecular flexibility index (Phi) is 4.47. The molecule has 0 spiro atoms. The molecule has 2 aromatic rings. The summed E-state index contributed by atoms with van der Waals surface area (Å²) >= 11 is 0. The molecule has 1 fully saturated rings. The molecule has 2 N–H and O–H groups in total. The Balaban J connectivity index is 1.78. The van der Waals surface area contributed by atoms with Crippen molar-refractivity contribution in [3.8, 4) is 5.75 Å². The first kappa shape index (κ1) is 14.7. The summed E-state index contributed by atoms with van der Waals surface area (Å²) in [7, 11) is 0. The molecular weight excluding hydrogens is 279 g/mol. The van der Waals surface area contributed by atoms with Crippen LogP contribution in [0.2, 0.25) is 0 Å². The molecule has 0 radical (unpaired) electrons. The van der Waals surface area contributed by atoms with E-state index in [4.69, 9.17) is 10.5 Å². The Bertz CT molecular complexity index is 639. The van der Waals surface area contributed by atoms with Crippen molar-refractivity contribution in [1.29, 1.82) is 0 Å². The molecule has 0 saturated carbocycles. The first-order chi connectivity index (χ1) is 10.7. The third kappa shape index (κ3) is 3.50. The highest BCUT2D eigenvalue weighted by Crippen LogP contribution is 2.33. The van der Waals surface area contributed by atoms with Gasteiger partial charge >= 0.3 is 0 Å². The zero-order chi connectivity index (χ0) is 15.4. The fraction of sp³-hybridized carbons (Fsp3) is 0.333. The van der Waals surface area contributed by atoms with Gasteiger partial charge in [0, 0.05) is 24.8 Å². The highest BCUT2D eigenvalue weighted by Gasteiger charge is 2.15. The molecule has 0 amide bonds. The topological polar surface area (TPSA) is 38.5 Å². The number of hydrogen-bond donors (Lipinski definition) is 1. The van der Waals surface area contributed by atoms with Crippen LogP contribution in [0, 0.1) is 5.82 Å². The minimum Gasteiger partial charge on any atom is -0.487 e. The second-order valence-corrected chi connectivity index (χ2v) is 5.69. The van der Waals surface area contributed by atoms with Gasteiger partial charge in [-0.3, -0.25) is 0 Å².